The van der Waals surface area contributed by atoms with Crippen LogP contribution in [0.5, 0.6) is 0 Å². The zero-order valence-electron chi connectivity index (χ0n) is 9.29. The molecule has 86 valence electrons. The lowest BCUT2D eigenvalue weighted by atomic mass is 10.0. The Morgan fingerprint density at radius 1 is 1.62 bits per heavy atom. The van der Waals surface area contributed by atoms with Crippen LogP contribution in [0.3, 0.4) is 0 Å². The molecule has 0 atom stereocenters. The summed E-state index contributed by atoms with van der Waals surface area (Å²) in [6.07, 6.45) is 5.26. The van der Waals surface area contributed by atoms with Crippen LogP contribution in [0.15, 0.2) is 22.9 Å². The molecule has 1 N–H and O–H groups in total. The SMILES string of the molecule is CCC1(CNC(=O)c2ccnc(Br)c2)CC1. The molecule has 16 heavy (non-hydrogen) atoms. The van der Waals surface area contributed by atoms with Crippen LogP contribution in [0.25, 0.3) is 0 Å². The van der Waals surface area contributed by atoms with Gasteiger partial charge in [0.1, 0.15) is 4.60 Å². The first-order valence-corrected chi connectivity index (χ1v) is 6.34. The van der Waals surface area contributed by atoms with E-state index in [0.29, 0.717) is 15.6 Å². The molecular weight excluding hydrogens is 268 g/mol. The van der Waals surface area contributed by atoms with E-state index in [2.05, 4.69) is 33.2 Å². The molecule has 0 saturated heterocycles. The number of hydrogen-bond acceptors (Lipinski definition) is 2. The number of nitrogens with one attached hydrogen (secondary N) is 1. The number of aromatic nitrogens is 1. The third-order valence-corrected chi connectivity index (χ3v) is 3.75. The minimum atomic E-state index is -0.0113. The Labute approximate surface area is 104 Å². The maximum absolute atomic E-state index is 11.8. The van der Waals surface area contributed by atoms with Gasteiger partial charge in [0.05, 0.1) is 0 Å². The van der Waals surface area contributed by atoms with Crippen LogP contribution in [0, 0.1) is 5.41 Å². The Morgan fingerprint density at radius 2 is 2.38 bits per heavy atom. The van der Waals surface area contributed by atoms with Crippen molar-refractivity contribution in [2.24, 2.45) is 5.41 Å². The van der Waals surface area contributed by atoms with Crippen LogP contribution >= 0.6 is 15.9 Å². The van der Waals surface area contributed by atoms with Crippen LogP contribution in [-0.4, -0.2) is 17.4 Å². The third kappa shape index (κ3) is 2.61. The van der Waals surface area contributed by atoms with Gasteiger partial charge in [0, 0.05) is 18.3 Å². The third-order valence-electron chi connectivity index (χ3n) is 3.32. The maximum atomic E-state index is 11.8. The van der Waals surface area contributed by atoms with Crippen LogP contribution in [0.2, 0.25) is 0 Å². The summed E-state index contributed by atoms with van der Waals surface area (Å²) >= 11 is 3.26. The lowest BCUT2D eigenvalue weighted by Crippen LogP contribution is -2.29. The predicted octanol–water partition coefficient (Wildman–Crippen LogP) is 2.76. The minimum Gasteiger partial charge on any atom is -0.351 e. The fourth-order valence-corrected chi connectivity index (χ4v) is 2.11. The molecule has 1 aliphatic rings. The van der Waals surface area contributed by atoms with Gasteiger partial charge < -0.3 is 5.32 Å². The summed E-state index contributed by atoms with van der Waals surface area (Å²) in [5.74, 6) is -0.0113. The highest BCUT2D eigenvalue weighted by Crippen LogP contribution is 2.47. The number of rotatable bonds is 4. The first-order valence-electron chi connectivity index (χ1n) is 5.55. The molecule has 4 heteroatoms. The van der Waals surface area contributed by atoms with Gasteiger partial charge >= 0.3 is 0 Å². The first kappa shape index (κ1) is 11.6. The highest BCUT2D eigenvalue weighted by molar-refractivity contribution is 9.10. The maximum Gasteiger partial charge on any atom is 0.251 e. The van der Waals surface area contributed by atoms with Gasteiger partial charge in [-0.15, -0.1) is 0 Å². The number of carbonyl (C=O) groups excluding carboxylic acids is 1. The summed E-state index contributed by atoms with van der Waals surface area (Å²) in [6, 6.07) is 3.46. The lowest BCUT2D eigenvalue weighted by Gasteiger charge is -2.13. The summed E-state index contributed by atoms with van der Waals surface area (Å²) in [7, 11) is 0. The summed E-state index contributed by atoms with van der Waals surface area (Å²) in [5.41, 5.74) is 1.05. The molecule has 3 nitrogen and oxygen atoms in total. The Hall–Kier alpha value is -0.900. The number of amides is 1. The molecule has 0 spiro atoms. The fraction of sp³-hybridized carbons (Fsp3) is 0.500. The Bertz CT molecular complexity index is 402. The van der Waals surface area contributed by atoms with E-state index < -0.39 is 0 Å². The molecule has 1 saturated carbocycles. The van der Waals surface area contributed by atoms with Crippen LogP contribution in [0.1, 0.15) is 36.5 Å². The summed E-state index contributed by atoms with van der Waals surface area (Å²) in [6.45, 7) is 2.98. The van der Waals surface area contributed by atoms with Crippen molar-refractivity contribution < 1.29 is 4.79 Å². The second-order valence-corrected chi connectivity index (χ2v) is 5.22. The van der Waals surface area contributed by atoms with Crippen molar-refractivity contribution in [3.05, 3.63) is 28.5 Å². The molecular formula is C12H15BrN2O. The van der Waals surface area contributed by atoms with E-state index in [0.717, 1.165) is 13.0 Å². The molecule has 1 aliphatic carbocycles. The number of halogens is 1. The van der Waals surface area contributed by atoms with Crippen molar-refractivity contribution in [3.8, 4) is 0 Å². The van der Waals surface area contributed by atoms with Crippen molar-refractivity contribution in [2.75, 3.05) is 6.54 Å². The van der Waals surface area contributed by atoms with Crippen molar-refractivity contribution >= 4 is 21.8 Å². The van der Waals surface area contributed by atoms with Crippen molar-refractivity contribution in [1.29, 1.82) is 0 Å². The molecule has 1 aromatic heterocycles. The first-order chi connectivity index (χ1) is 7.65. The monoisotopic (exact) mass is 282 g/mol. The fourth-order valence-electron chi connectivity index (χ4n) is 1.75. The van der Waals surface area contributed by atoms with E-state index in [4.69, 9.17) is 0 Å². The highest BCUT2D eigenvalue weighted by Gasteiger charge is 2.40. The molecule has 1 heterocycles. The van der Waals surface area contributed by atoms with E-state index in [1.54, 1.807) is 18.3 Å². The largest absolute Gasteiger partial charge is 0.351 e. The normalized spacial score (nSPS) is 16.9. The molecule has 1 amide bonds. The van der Waals surface area contributed by atoms with E-state index in [9.17, 15) is 4.79 Å². The molecule has 1 fully saturated rings. The molecule has 0 radical (unpaired) electrons. The van der Waals surface area contributed by atoms with Crippen LogP contribution in [-0.2, 0) is 0 Å². The van der Waals surface area contributed by atoms with Gasteiger partial charge in [-0.1, -0.05) is 6.92 Å². The Kier molecular flexibility index (Phi) is 3.28. The van der Waals surface area contributed by atoms with Gasteiger partial charge in [0.25, 0.3) is 5.91 Å². The second-order valence-electron chi connectivity index (χ2n) is 4.40. The number of pyridine rings is 1. The standard InChI is InChI=1S/C12H15BrN2O/c1-2-12(4-5-12)8-15-11(16)9-3-6-14-10(13)7-9/h3,6-7H,2,4-5,8H2,1H3,(H,15,16). The smallest absolute Gasteiger partial charge is 0.251 e. The zero-order chi connectivity index (χ0) is 11.6. The van der Waals surface area contributed by atoms with Crippen molar-refractivity contribution in [1.82, 2.24) is 10.3 Å². The van der Waals surface area contributed by atoms with Crippen molar-refractivity contribution in [3.63, 3.8) is 0 Å². The van der Waals surface area contributed by atoms with E-state index >= 15 is 0 Å². The quantitative estimate of drug-likeness (QED) is 0.863. The van der Waals surface area contributed by atoms with Gasteiger partial charge in [0.2, 0.25) is 0 Å². The molecule has 0 bridgehead atoms. The minimum absolute atomic E-state index is 0.0113. The van der Waals surface area contributed by atoms with E-state index in [1.807, 2.05) is 0 Å². The number of nitrogens with zero attached hydrogens (tertiary/aromatic N) is 1. The lowest BCUT2D eigenvalue weighted by molar-refractivity contribution is 0.0944. The molecule has 0 unspecified atom stereocenters. The van der Waals surface area contributed by atoms with Gasteiger partial charge in [-0.25, -0.2) is 4.98 Å². The van der Waals surface area contributed by atoms with Gasteiger partial charge in [-0.05, 0) is 52.7 Å². The average molecular weight is 283 g/mol. The molecule has 1 aromatic rings. The van der Waals surface area contributed by atoms with Crippen LogP contribution < -0.4 is 5.32 Å². The topological polar surface area (TPSA) is 42.0 Å². The molecule has 0 aliphatic heterocycles. The highest BCUT2D eigenvalue weighted by atomic mass is 79.9. The molecule has 0 aromatic carbocycles. The Morgan fingerprint density at radius 3 is 2.94 bits per heavy atom. The van der Waals surface area contributed by atoms with Gasteiger partial charge in [-0.2, -0.15) is 0 Å². The summed E-state index contributed by atoms with van der Waals surface area (Å²) < 4.78 is 0.691. The average Bonchev–Trinajstić information content (AvgIpc) is 3.07. The Balaban J connectivity index is 1.93. The van der Waals surface area contributed by atoms with Crippen molar-refractivity contribution in [2.45, 2.75) is 26.2 Å². The van der Waals surface area contributed by atoms with E-state index in [-0.39, 0.29) is 5.91 Å². The number of hydrogen-bond donors (Lipinski definition) is 1. The van der Waals surface area contributed by atoms with Gasteiger partial charge in [0.15, 0.2) is 0 Å². The summed E-state index contributed by atoms with van der Waals surface area (Å²) in [4.78, 5) is 15.8. The van der Waals surface area contributed by atoms with E-state index in [1.165, 1.54) is 12.8 Å². The zero-order valence-corrected chi connectivity index (χ0v) is 10.9. The molecule has 2 rings (SSSR count). The van der Waals surface area contributed by atoms with Crippen LogP contribution in [0.4, 0.5) is 0 Å². The predicted molar refractivity (Wildman–Crippen MR) is 66.2 cm³/mol. The second kappa shape index (κ2) is 4.53. The van der Waals surface area contributed by atoms with Gasteiger partial charge in [-0.3, -0.25) is 4.79 Å². The summed E-state index contributed by atoms with van der Waals surface area (Å²) in [5, 5.41) is 2.99. The number of carbonyl (C=O) groups is 1.